The normalized spacial score (nSPS) is 16.2. The molecule has 1 amide bonds. The maximum atomic E-state index is 12.4. The minimum Gasteiger partial charge on any atom is -0.356 e. The van der Waals surface area contributed by atoms with Crippen LogP contribution in [0.1, 0.15) is 16.9 Å². The Morgan fingerprint density at radius 1 is 1.35 bits per heavy atom. The van der Waals surface area contributed by atoms with E-state index in [0.29, 0.717) is 17.3 Å². The van der Waals surface area contributed by atoms with Crippen molar-refractivity contribution in [3.05, 3.63) is 34.6 Å². The molecule has 0 spiro atoms. The predicted molar refractivity (Wildman–Crippen MR) is 80.7 cm³/mol. The number of aromatic amines is 1. The summed E-state index contributed by atoms with van der Waals surface area (Å²) < 4.78 is 0. The van der Waals surface area contributed by atoms with E-state index < -0.39 is 0 Å². The number of halogens is 1. The van der Waals surface area contributed by atoms with Crippen molar-refractivity contribution in [2.75, 3.05) is 31.1 Å². The van der Waals surface area contributed by atoms with Gasteiger partial charge in [-0.25, -0.2) is 4.98 Å². The van der Waals surface area contributed by atoms with Crippen LogP contribution >= 0.6 is 22.9 Å². The number of thiazole rings is 1. The van der Waals surface area contributed by atoms with E-state index >= 15 is 0 Å². The van der Waals surface area contributed by atoms with Crippen molar-refractivity contribution in [2.45, 2.75) is 6.42 Å². The first kappa shape index (κ1) is 13.5. The lowest BCUT2D eigenvalue weighted by Crippen LogP contribution is -2.35. The van der Waals surface area contributed by atoms with E-state index in [-0.39, 0.29) is 5.91 Å². The van der Waals surface area contributed by atoms with Gasteiger partial charge in [0.05, 0.1) is 5.02 Å². The standard InChI is InChI=1S/C13H15ClN4OS/c14-10-8-11(16-9-10)12(19)17-3-1-4-18(6-5-17)13-15-2-7-20-13/h2,7-9,16H,1,3-6H2. The number of nitrogens with zero attached hydrogens (tertiary/aromatic N) is 3. The quantitative estimate of drug-likeness (QED) is 0.927. The smallest absolute Gasteiger partial charge is 0.270 e. The van der Waals surface area contributed by atoms with Gasteiger partial charge in [-0.1, -0.05) is 11.6 Å². The molecule has 0 radical (unpaired) electrons. The number of amides is 1. The van der Waals surface area contributed by atoms with Gasteiger partial charge in [0.15, 0.2) is 5.13 Å². The van der Waals surface area contributed by atoms with Gasteiger partial charge in [-0.05, 0) is 12.5 Å². The summed E-state index contributed by atoms with van der Waals surface area (Å²) in [6, 6.07) is 1.67. The first-order valence-corrected chi connectivity index (χ1v) is 7.77. The van der Waals surface area contributed by atoms with Crippen molar-refractivity contribution in [1.29, 1.82) is 0 Å². The average molecular weight is 311 g/mol. The molecule has 0 unspecified atom stereocenters. The second-order valence-electron chi connectivity index (χ2n) is 4.68. The molecule has 0 bridgehead atoms. The summed E-state index contributed by atoms with van der Waals surface area (Å²) in [5.74, 6) is 0.0119. The molecule has 2 aromatic rings. The molecule has 0 atom stereocenters. The minimum absolute atomic E-state index is 0.0119. The van der Waals surface area contributed by atoms with Crippen LogP contribution in [0.5, 0.6) is 0 Å². The maximum Gasteiger partial charge on any atom is 0.270 e. The summed E-state index contributed by atoms with van der Waals surface area (Å²) >= 11 is 7.49. The summed E-state index contributed by atoms with van der Waals surface area (Å²) in [5, 5.41) is 3.57. The lowest BCUT2D eigenvalue weighted by Gasteiger charge is -2.21. The summed E-state index contributed by atoms with van der Waals surface area (Å²) in [7, 11) is 0. The molecule has 1 saturated heterocycles. The molecule has 0 saturated carbocycles. The lowest BCUT2D eigenvalue weighted by atomic mass is 10.3. The van der Waals surface area contributed by atoms with Crippen molar-refractivity contribution in [2.24, 2.45) is 0 Å². The van der Waals surface area contributed by atoms with Gasteiger partial charge < -0.3 is 14.8 Å². The number of H-pyrrole nitrogens is 1. The Morgan fingerprint density at radius 2 is 2.25 bits per heavy atom. The summed E-state index contributed by atoms with van der Waals surface area (Å²) in [6.07, 6.45) is 4.39. The van der Waals surface area contributed by atoms with Crippen molar-refractivity contribution < 1.29 is 4.79 Å². The molecule has 2 aromatic heterocycles. The van der Waals surface area contributed by atoms with Gasteiger partial charge in [-0.2, -0.15) is 0 Å². The Bertz CT molecular complexity index is 583. The molecule has 1 aliphatic heterocycles. The van der Waals surface area contributed by atoms with Crippen LogP contribution in [-0.4, -0.2) is 47.0 Å². The van der Waals surface area contributed by atoms with Crippen molar-refractivity contribution in [1.82, 2.24) is 14.9 Å². The first-order chi connectivity index (χ1) is 9.74. The molecular formula is C13H15ClN4OS. The zero-order valence-corrected chi connectivity index (χ0v) is 12.5. The second kappa shape index (κ2) is 5.85. The molecule has 5 nitrogen and oxygen atoms in total. The van der Waals surface area contributed by atoms with Gasteiger partial charge in [0.25, 0.3) is 5.91 Å². The molecule has 1 N–H and O–H groups in total. The van der Waals surface area contributed by atoms with Crippen LogP contribution in [0.4, 0.5) is 5.13 Å². The monoisotopic (exact) mass is 310 g/mol. The Morgan fingerprint density at radius 3 is 2.95 bits per heavy atom. The highest BCUT2D eigenvalue weighted by Crippen LogP contribution is 2.20. The summed E-state index contributed by atoms with van der Waals surface area (Å²) in [6.45, 7) is 3.21. The number of anilines is 1. The number of rotatable bonds is 2. The lowest BCUT2D eigenvalue weighted by molar-refractivity contribution is 0.0762. The fraction of sp³-hybridized carbons (Fsp3) is 0.385. The van der Waals surface area contributed by atoms with E-state index in [0.717, 1.165) is 31.2 Å². The molecule has 3 rings (SSSR count). The molecule has 0 aromatic carbocycles. The minimum atomic E-state index is 0.0119. The van der Waals surface area contributed by atoms with Gasteiger partial charge in [0.2, 0.25) is 0 Å². The Labute approximate surface area is 126 Å². The largest absolute Gasteiger partial charge is 0.356 e. The molecule has 1 aliphatic rings. The third-order valence-corrected chi connectivity index (χ3v) is 4.40. The number of carbonyl (C=O) groups is 1. The van der Waals surface area contributed by atoms with E-state index in [1.807, 2.05) is 16.5 Å². The summed E-state index contributed by atoms with van der Waals surface area (Å²) in [5.41, 5.74) is 0.553. The molecule has 3 heterocycles. The molecule has 7 heteroatoms. The molecule has 1 fully saturated rings. The van der Waals surface area contributed by atoms with E-state index in [2.05, 4.69) is 14.9 Å². The van der Waals surface area contributed by atoms with E-state index in [1.54, 1.807) is 23.6 Å². The van der Waals surface area contributed by atoms with Crippen LogP contribution in [0, 0.1) is 0 Å². The number of nitrogens with one attached hydrogen (secondary N) is 1. The highest BCUT2D eigenvalue weighted by atomic mass is 35.5. The van der Waals surface area contributed by atoms with Crippen LogP contribution in [0.15, 0.2) is 23.8 Å². The third kappa shape index (κ3) is 2.81. The molecular weight excluding hydrogens is 296 g/mol. The van der Waals surface area contributed by atoms with Crippen LogP contribution in [0.25, 0.3) is 0 Å². The van der Waals surface area contributed by atoms with Crippen LogP contribution in [-0.2, 0) is 0 Å². The topological polar surface area (TPSA) is 52.2 Å². The Kier molecular flexibility index (Phi) is 3.93. The van der Waals surface area contributed by atoms with Gasteiger partial charge in [-0.15, -0.1) is 11.3 Å². The number of carbonyl (C=O) groups excluding carboxylic acids is 1. The van der Waals surface area contributed by atoms with Crippen molar-refractivity contribution in [3.8, 4) is 0 Å². The second-order valence-corrected chi connectivity index (χ2v) is 5.99. The van der Waals surface area contributed by atoms with E-state index in [9.17, 15) is 4.79 Å². The van der Waals surface area contributed by atoms with Crippen LogP contribution in [0.2, 0.25) is 5.02 Å². The first-order valence-electron chi connectivity index (χ1n) is 6.51. The zero-order chi connectivity index (χ0) is 13.9. The number of aromatic nitrogens is 2. The summed E-state index contributed by atoms with van der Waals surface area (Å²) in [4.78, 5) is 23.7. The fourth-order valence-corrected chi connectivity index (χ4v) is 3.21. The highest BCUT2D eigenvalue weighted by Gasteiger charge is 2.22. The fourth-order valence-electron chi connectivity index (χ4n) is 2.35. The van der Waals surface area contributed by atoms with Crippen LogP contribution in [0.3, 0.4) is 0 Å². The van der Waals surface area contributed by atoms with Crippen molar-refractivity contribution in [3.63, 3.8) is 0 Å². The number of hydrogen-bond acceptors (Lipinski definition) is 4. The van der Waals surface area contributed by atoms with Gasteiger partial charge in [0.1, 0.15) is 5.69 Å². The van der Waals surface area contributed by atoms with Gasteiger partial charge in [0, 0.05) is 44.0 Å². The molecule has 106 valence electrons. The predicted octanol–water partition coefficient (Wildman–Crippen LogP) is 2.48. The Hall–Kier alpha value is -1.53. The average Bonchev–Trinajstić information content (AvgIpc) is 3.05. The highest BCUT2D eigenvalue weighted by molar-refractivity contribution is 7.13. The van der Waals surface area contributed by atoms with Gasteiger partial charge >= 0.3 is 0 Å². The van der Waals surface area contributed by atoms with Gasteiger partial charge in [-0.3, -0.25) is 4.79 Å². The van der Waals surface area contributed by atoms with Crippen molar-refractivity contribution >= 4 is 34.0 Å². The van der Waals surface area contributed by atoms with E-state index in [1.165, 1.54) is 0 Å². The SMILES string of the molecule is O=C(c1cc(Cl)c[nH]1)N1CCCN(c2nccs2)CC1. The van der Waals surface area contributed by atoms with Crippen LogP contribution < -0.4 is 4.90 Å². The zero-order valence-electron chi connectivity index (χ0n) is 10.9. The number of hydrogen-bond donors (Lipinski definition) is 1. The molecule has 0 aliphatic carbocycles. The molecule has 20 heavy (non-hydrogen) atoms. The van der Waals surface area contributed by atoms with E-state index in [4.69, 9.17) is 11.6 Å². The third-order valence-electron chi connectivity index (χ3n) is 3.35. The Balaban J connectivity index is 1.66. The maximum absolute atomic E-state index is 12.4.